The molecule has 7 nitrogen and oxygen atoms in total. The second-order valence-electron chi connectivity index (χ2n) is 8.62. The van der Waals surface area contributed by atoms with E-state index in [9.17, 15) is 9.18 Å². The van der Waals surface area contributed by atoms with Gasteiger partial charge in [0.1, 0.15) is 11.5 Å². The van der Waals surface area contributed by atoms with Crippen molar-refractivity contribution in [2.24, 2.45) is 0 Å². The Morgan fingerprint density at radius 3 is 2.49 bits per heavy atom. The van der Waals surface area contributed by atoms with Gasteiger partial charge in [-0.15, -0.1) is 11.3 Å². The lowest BCUT2D eigenvalue weighted by atomic mass is 9.98. The number of nitrogens with two attached hydrogens (primary N) is 1. The van der Waals surface area contributed by atoms with Crippen molar-refractivity contribution in [1.29, 1.82) is 0 Å². The van der Waals surface area contributed by atoms with Gasteiger partial charge >= 0.3 is 6.03 Å². The Kier molecular flexibility index (Phi) is 6.68. The number of halogens is 3. The quantitative estimate of drug-likeness (QED) is 0.280. The maximum absolute atomic E-state index is 15.7. The van der Waals surface area contributed by atoms with Crippen LogP contribution in [0.25, 0.3) is 21.8 Å². The standard InChI is InChI=1S/C24H21ClF2N6OS/c1-24(2,3)21-33-19(17-9-10-29-22(28)30-17)20(35-21)13-5-4-6-16(18(13)27)32-23(34)31-15-8-7-12(25)11-14(15)26/h4-11H,1-3H3,(H2,28,29,30)(H2,31,32,34). The van der Waals surface area contributed by atoms with Crippen LogP contribution in [0, 0.1) is 11.6 Å². The van der Waals surface area contributed by atoms with E-state index in [1.807, 2.05) is 20.8 Å². The third-order valence-corrected chi connectivity index (χ3v) is 6.61. The molecule has 4 rings (SSSR count). The van der Waals surface area contributed by atoms with Gasteiger partial charge in [0.2, 0.25) is 5.95 Å². The summed E-state index contributed by atoms with van der Waals surface area (Å²) in [5, 5.41) is 5.74. The number of nitrogen functional groups attached to an aromatic ring is 1. The normalized spacial score (nSPS) is 11.4. The first-order valence-electron chi connectivity index (χ1n) is 10.4. The highest BCUT2D eigenvalue weighted by Gasteiger charge is 2.26. The van der Waals surface area contributed by atoms with Crippen LogP contribution in [-0.4, -0.2) is 21.0 Å². The fourth-order valence-corrected chi connectivity index (χ4v) is 4.48. The number of thiazole rings is 1. The van der Waals surface area contributed by atoms with Crippen molar-refractivity contribution in [2.45, 2.75) is 26.2 Å². The zero-order chi connectivity index (χ0) is 25.3. The second-order valence-corrected chi connectivity index (χ2v) is 10.1. The lowest BCUT2D eigenvalue weighted by molar-refractivity contribution is 0.262. The number of nitrogens with zero attached hydrogens (tertiary/aromatic N) is 3. The third-order valence-electron chi connectivity index (χ3n) is 4.86. The van der Waals surface area contributed by atoms with E-state index in [-0.39, 0.29) is 33.3 Å². The summed E-state index contributed by atoms with van der Waals surface area (Å²) in [5.41, 5.74) is 6.41. The van der Waals surface area contributed by atoms with Crippen LogP contribution < -0.4 is 16.4 Å². The van der Waals surface area contributed by atoms with Gasteiger partial charge in [-0.25, -0.2) is 28.5 Å². The van der Waals surface area contributed by atoms with Gasteiger partial charge in [-0.05, 0) is 30.3 Å². The van der Waals surface area contributed by atoms with Gasteiger partial charge in [-0.2, -0.15) is 0 Å². The molecule has 4 N–H and O–H groups in total. The third kappa shape index (κ3) is 5.39. The lowest BCUT2D eigenvalue weighted by Gasteiger charge is -2.13. The van der Waals surface area contributed by atoms with E-state index in [0.717, 1.165) is 11.1 Å². The number of anilines is 3. The first-order valence-corrected chi connectivity index (χ1v) is 11.6. The molecule has 0 radical (unpaired) electrons. The van der Waals surface area contributed by atoms with E-state index < -0.39 is 17.7 Å². The summed E-state index contributed by atoms with van der Waals surface area (Å²) < 4.78 is 29.7. The minimum atomic E-state index is -0.814. The van der Waals surface area contributed by atoms with Crippen LogP contribution in [0.2, 0.25) is 5.02 Å². The topological polar surface area (TPSA) is 106 Å². The van der Waals surface area contributed by atoms with Gasteiger partial charge in [0.15, 0.2) is 5.82 Å². The van der Waals surface area contributed by atoms with Crippen LogP contribution in [0.5, 0.6) is 0 Å². The first kappa shape index (κ1) is 24.5. The molecule has 35 heavy (non-hydrogen) atoms. The summed E-state index contributed by atoms with van der Waals surface area (Å²) in [6, 6.07) is 9.24. The maximum Gasteiger partial charge on any atom is 0.323 e. The van der Waals surface area contributed by atoms with Crippen LogP contribution >= 0.6 is 22.9 Å². The summed E-state index contributed by atoms with van der Waals surface area (Å²) in [5.74, 6) is -1.32. The lowest BCUT2D eigenvalue weighted by Crippen LogP contribution is -2.20. The Bertz CT molecular complexity index is 1420. The van der Waals surface area contributed by atoms with E-state index in [1.165, 1.54) is 35.7 Å². The van der Waals surface area contributed by atoms with Gasteiger partial charge in [-0.1, -0.05) is 44.5 Å². The molecule has 180 valence electrons. The highest BCUT2D eigenvalue weighted by atomic mass is 35.5. The maximum atomic E-state index is 15.7. The molecule has 0 spiro atoms. The summed E-state index contributed by atoms with van der Waals surface area (Å²) in [7, 11) is 0. The van der Waals surface area contributed by atoms with E-state index in [2.05, 4.69) is 20.6 Å². The molecule has 2 heterocycles. The SMILES string of the molecule is CC(C)(C)c1nc(-c2ccnc(N)n2)c(-c2cccc(NC(=O)Nc3ccc(Cl)cc3F)c2F)s1. The minimum Gasteiger partial charge on any atom is -0.368 e. The van der Waals surface area contributed by atoms with Crippen molar-refractivity contribution >= 4 is 46.3 Å². The average molecular weight is 515 g/mol. The Morgan fingerprint density at radius 2 is 1.80 bits per heavy atom. The second kappa shape index (κ2) is 9.55. The molecular formula is C24H21ClF2N6OS. The molecule has 0 aliphatic heterocycles. The van der Waals surface area contributed by atoms with Crippen LogP contribution in [0.4, 0.5) is 30.9 Å². The Morgan fingerprint density at radius 1 is 1.06 bits per heavy atom. The highest BCUT2D eigenvalue weighted by Crippen LogP contribution is 2.42. The van der Waals surface area contributed by atoms with Crippen LogP contribution in [0.3, 0.4) is 0 Å². The zero-order valence-electron chi connectivity index (χ0n) is 19.0. The number of aromatic nitrogens is 3. The molecule has 0 atom stereocenters. The summed E-state index contributed by atoms with van der Waals surface area (Å²) in [6.45, 7) is 6.01. The Labute approximate surface area is 209 Å². The van der Waals surface area contributed by atoms with Crippen molar-refractivity contribution in [1.82, 2.24) is 15.0 Å². The number of carbonyl (C=O) groups is 1. The number of hydrogen-bond donors (Lipinski definition) is 3. The van der Waals surface area contributed by atoms with Crippen molar-refractivity contribution in [3.8, 4) is 21.8 Å². The number of amides is 2. The molecule has 0 unspecified atom stereocenters. The summed E-state index contributed by atoms with van der Waals surface area (Å²) >= 11 is 7.06. The number of rotatable bonds is 4. The van der Waals surface area contributed by atoms with E-state index in [0.29, 0.717) is 16.3 Å². The Hall–Kier alpha value is -3.63. The molecule has 0 aliphatic carbocycles. The molecular weight excluding hydrogens is 494 g/mol. The molecule has 11 heteroatoms. The van der Waals surface area contributed by atoms with E-state index in [1.54, 1.807) is 18.2 Å². The molecule has 0 bridgehead atoms. The molecule has 2 aromatic heterocycles. The number of benzene rings is 2. The van der Waals surface area contributed by atoms with Gasteiger partial charge in [0.25, 0.3) is 0 Å². The molecule has 2 amide bonds. The van der Waals surface area contributed by atoms with Crippen LogP contribution in [0.1, 0.15) is 25.8 Å². The van der Waals surface area contributed by atoms with Gasteiger partial charge in [-0.3, -0.25) is 0 Å². The summed E-state index contributed by atoms with van der Waals surface area (Å²) in [6.07, 6.45) is 1.51. The fourth-order valence-electron chi connectivity index (χ4n) is 3.17. The van der Waals surface area contributed by atoms with Crippen LogP contribution in [0.15, 0.2) is 48.7 Å². The number of hydrogen-bond acceptors (Lipinski definition) is 6. The van der Waals surface area contributed by atoms with Crippen molar-refractivity contribution in [3.63, 3.8) is 0 Å². The number of urea groups is 1. The predicted octanol–water partition coefficient (Wildman–Crippen LogP) is 6.72. The fraction of sp³-hybridized carbons (Fsp3) is 0.167. The van der Waals surface area contributed by atoms with Crippen LogP contribution in [-0.2, 0) is 5.41 Å². The van der Waals surface area contributed by atoms with Gasteiger partial charge in [0, 0.05) is 22.2 Å². The molecule has 0 saturated carbocycles. The van der Waals surface area contributed by atoms with Gasteiger partial charge < -0.3 is 16.4 Å². The average Bonchev–Trinajstić information content (AvgIpc) is 3.23. The minimum absolute atomic E-state index is 0.0701. The van der Waals surface area contributed by atoms with Crippen molar-refractivity contribution in [2.75, 3.05) is 16.4 Å². The van der Waals surface area contributed by atoms with E-state index in [4.69, 9.17) is 22.3 Å². The largest absolute Gasteiger partial charge is 0.368 e. The van der Waals surface area contributed by atoms with E-state index >= 15 is 4.39 Å². The smallest absolute Gasteiger partial charge is 0.323 e. The molecule has 0 fully saturated rings. The Balaban J connectivity index is 1.71. The number of carbonyl (C=O) groups excluding carboxylic acids is 1. The summed E-state index contributed by atoms with van der Waals surface area (Å²) in [4.78, 5) is 25.9. The molecule has 2 aromatic carbocycles. The number of nitrogens with one attached hydrogen (secondary N) is 2. The van der Waals surface area contributed by atoms with Gasteiger partial charge in [0.05, 0.1) is 27.0 Å². The molecule has 4 aromatic rings. The van der Waals surface area contributed by atoms with Crippen molar-refractivity contribution in [3.05, 3.63) is 70.3 Å². The van der Waals surface area contributed by atoms with Crippen molar-refractivity contribution < 1.29 is 13.6 Å². The predicted molar refractivity (Wildman–Crippen MR) is 136 cm³/mol. The monoisotopic (exact) mass is 514 g/mol. The zero-order valence-corrected chi connectivity index (χ0v) is 20.6. The first-order chi connectivity index (χ1) is 16.5. The highest BCUT2D eigenvalue weighted by molar-refractivity contribution is 7.15. The molecule has 0 saturated heterocycles. The molecule has 0 aliphatic rings.